The zero-order chi connectivity index (χ0) is 11.7. The Balaban J connectivity index is 2.71. The lowest BCUT2D eigenvalue weighted by atomic mass is 10.2. The van der Waals surface area contributed by atoms with E-state index in [1.807, 2.05) is 25.1 Å². The first-order valence-electron chi connectivity index (χ1n) is 5.10. The average Bonchev–Trinajstić information content (AvgIpc) is 2.66. The van der Waals surface area contributed by atoms with Crippen LogP contribution >= 0.6 is 0 Å². The summed E-state index contributed by atoms with van der Waals surface area (Å²) in [7, 11) is 0. The van der Waals surface area contributed by atoms with Gasteiger partial charge in [-0.3, -0.25) is 0 Å². The van der Waals surface area contributed by atoms with E-state index in [4.69, 9.17) is 10.8 Å². The molecule has 3 N–H and O–H groups in total. The minimum absolute atomic E-state index is 0.0756. The van der Waals surface area contributed by atoms with Crippen molar-refractivity contribution in [1.29, 1.82) is 0 Å². The number of carboxylic acids is 1. The molecule has 0 radical (unpaired) electrons. The van der Waals surface area contributed by atoms with Gasteiger partial charge in [0.2, 0.25) is 5.82 Å². The second kappa shape index (κ2) is 3.94. The van der Waals surface area contributed by atoms with Crippen LogP contribution in [0.1, 0.15) is 23.1 Å². The van der Waals surface area contributed by atoms with Crippen LogP contribution in [0, 0.1) is 0 Å². The van der Waals surface area contributed by atoms with Crippen molar-refractivity contribution in [2.75, 3.05) is 0 Å². The van der Waals surface area contributed by atoms with Crippen LogP contribution < -0.4 is 5.73 Å². The van der Waals surface area contributed by atoms with Crippen LogP contribution in [0.5, 0.6) is 0 Å². The van der Waals surface area contributed by atoms with Crippen LogP contribution in [0.2, 0.25) is 0 Å². The van der Waals surface area contributed by atoms with Crippen LogP contribution in [0.4, 0.5) is 0 Å². The molecule has 0 fully saturated rings. The van der Waals surface area contributed by atoms with Gasteiger partial charge in [0.1, 0.15) is 0 Å². The van der Waals surface area contributed by atoms with Gasteiger partial charge in [-0.2, -0.15) is 0 Å². The molecule has 0 amide bonds. The molecule has 5 heteroatoms. The van der Waals surface area contributed by atoms with E-state index in [0.29, 0.717) is 18.6 Å². The smallest absolute Gasteiger partial charge is 0.372 e. The van der Waals surface area contributed by atoms with Gasteiger partial charge in [-0.25, -0.2) is 9.78 Å². The van der Waals surface area contributed by atoms with E-state index in [9.17, 15) is 4.79 Å². The maximum absolute atomic E-state index is 11.0. The second-order valence-electron chi connectivity index (χ2n) is 3.51. The number of hydrogen-bond acceptors (Lipinski definition) is 3. The Kier molecular flexibility index (Phi) is 2.62. The van der Waals surface area contributed by atoms with Gasteiger partial charge >= 0.3 is 5.97 Å². The highest BCUT2D eigenvalue weighted by Crippen LogP contribution is 2.18. The van der Waals surface area contributed by atoms with E-state index < -0.39 is 5.97 Å². The van der Waals surface area contributed by atoms with Crippen LogP contribution in [-0.4, -0.2) is 20.6 Å². The number of nitrogens with zero attached hydrogens (tertiary/aromatic N) is 2. The van der Waals surface area contributed by atoms with E-state index in [1.165, 1.54) is 0 Å². The van der Waals surface area contributed by atoms with Crippen LogP contribution in [0.3, 0.4) is 0 Å². The van der Waals surface area contributed by atoms with Gasteiger partial charge in [-0.05, 0) is 24.6 Å². The molecule has 84 valence electrons. The Morgan fingerprint density at radius 3 is 2.88 bits per heavy atom. The van der Waals surface area contributed by atoms with E-state index in [2.05, 4.69) is 4.98 Å². The molecule has 0 bridgehead atoms. The Morgan fingerprint density at radius 2 is 2.31 bits per heavy atom. The first kappa shape index (κ1) is 10.6. The summed E-state index contributed by atoms with van der Waals surface area (Å²) in [5.41, 5.74) is 7.99. The Hall–Kier alpha value is -1.88. The van der Waals surface area contributed by atoms with E-state index in [-0.39, 0.29) is 5.82 Å². The Morgan fingerprint density at radius 1 is 1.56 bits per heavy atom. The van der Waals surface area contributed by atoms with Gasteiger partial charge in [0.05, 0.1) is 11.0 Å². The maximum Gasteiger partial charge on any atom is 0.372 e. The number of carboxylic acid groups (broad SMARTS) is 1. The molecule has 0 aliphatic heterocycles. The summed E-state index contributed by atoms with van der Waals surface area (Å²) in [6, 6.07) is 5.58. The summed E-state index contributed by atoms with van der Waals surface area (Å²) in [6.45, 7) is 2.90. The second-order valence-corrected chi connectivity index (χ2v) is 3.51. The van der Waals surface area contributed by atoms with Gasteiger partial charge < -0.3 is 15.4 Å². The molecule has 5 nitrogen and oxygen atoms in total. The third-order valence-electron chi connectivity index (χ3n) is 2.56. The van der Waals surface area contributed by atoms with Crippen LogP contribution in [0.25, 0.3) is 11.0 Å². The monoisotopic (exact) mass is 219 g/mol. The number of aromatic nitrogens is 2. The van der Waals surface area contributed by atoms with Crippen molar-refractivity contribution in [2.24, 2.45) is 5.73 Å². The molecule has 1 heterocycles. The summed E-state index contributed by atoms with van der Waals surface area (Å²) in [6.07, 6.45) is 0. The molecule has 1 aromatic carbocycles. The van der Waals surface area contributed by atoms with Crippen molar-refractivity contribution in [3.05, 3.63) is 29.6 Å². The number of rotatable bonds is 3. The molecule has 1 aromatic heterocycles. The number of imidazole rings is 1. The fourth-order valence-electron chi connectivity index (χ4n) is 1.79. The molecule has 2 aromatic rings. The molecule has 0 aliphatic rings. The summed E-state index contributed by atoms with van der Waals surface area (Å²) < 4.78 is 1.68. The largest absolute Gasteiger partial charge is 0.475 e. The van der Waals surface area contributed by atoms with Crippen molar-refractivity contribution < 1.29 is 9.90 Å². The minimum Gasteiger partial charge on any atom is -0.475 e. The number of carbonyl (C=O) groups is 1. The van der Waals surface area contributed by atoms with Crippen molar-refractivity contribution in [3.63, 3.8) is 0 Å². The number of nitrogens with two attached hydrogens (primary N) is 1. The number of fused-ring (bicyclic) bond motifs is 1. The SMILES string of the molecule is CCn1c(C(=O)O)nc2cc(CN)ccc21. The van der Waals surface area contributed by atoms with Crippen molar-refractivity contribution >= 4 is 17.0 Å². The molecule has 0 saturated heterocycles. The third-order valence-corrected chi connectivity index (χ3v) is 2.56. The molecule has 0 spiro atoms. The number of aromatic carboxylic acids is 1. The molecule has 0 aliphatic carbocycles. The fraction of sp³-hybridized carbons (Fsp3) is 0.273. The first-order valence-corrected chi connectivity index (χ1v) is 5.10. The molecular weight excluding hydrogens is 206 g/mol. The van der Waals surface area contributed by atoms with Gasteiger partial charge in [0.15, 0.2) is 0 Å². The van der Waals surface area contributed by atoms with Crippen molar-refractivity contribution in [1.82, 2.24) is 9.55 Å². The molecule has 0 atom stereocenters. The van der Waals surface area contributed by atoms with Gasteiger partial charge in [-0.15, -0.1) is 0 Å². The fourth-order valence-corrected chi connectivity index (χ4v) is 1.79. The topological polar surface area (TPSA) is 81.1 Å². The van der Waals surface area contributed by atoms with Crippen molar-refractivity contribution in [3.8, 4) is 0 Å². The minimum atomic E-state index is -1.01. The van der Waals surface area contributed by atoms with E-state index in [0.717, 1.165) is 11.1 Å². The normalized spacial score (nSPS) is 10.9. The lowest BCUT2D eigenvalue weighted by Crippen LogP contribution is -2.08. The molecule has 2 rings (SSSR count). The predicted molar refractivity (Wildman–Crippen MR) is 60.3 cm³/mol. The molecule has 0 saturated carbocycles. The zero-order valence-electron chi connectivity index (χ0n) is 8.97. The summed E-state index contributed by atoms with van der Waals surface area (Å²) in [4.78, 5) is 15.1. The first-order chi connectivity index (χ1) is 7.67. The quantitative estimate of drug-likeness (QED) is 0.813. The summed E-state index contributed by atoms with van der Waals surface area (Å²) in [5.74, 6) is -0.931. The molecule has 16 heavy (non-hydrogen) atoms. The van der Waals surface area contributed by atoms with Crippen LogP contribution in [0.15, 0.2) is 18.2 Å². The Labute approximate surface area is 92.5 Å². The van der Waals surface area contributed by atoms with Gasteiger partial charge in [0, 0.05) is 13.1 Å². The Bertz CT molecular complexity index is 545. The highest BCUT2D eigenvalue weighted by Gasteiger charge is 2.15. The number of benzene rings is 1. The van der Waals surface area contributed by atoms with Crippen LogP contribution in [-0.2, 0) is 13.1 Å². The highest BCUT2D eigenvalue weighted by molar-refractivity contribution is 5.90. The predicted octanol–water partition coefficient (Wildman–Crippen LogP) is 1.21. The lowest BCUT2D eigenvalue weighted by molar-refractivity contribution is 0.0679. The van der Waals surface area contributed by atoms with Gasteiger partial charge in [0.25, 0.3) is 0 Å². The lowest BCUT2D eigenvalue weighted by Gasteiger charge is -2.02. The number of hydrogen-bond donors (Lipinski definition) is 2. The molecular formula is C11H13N3O2. The van der Waals surface area contributed by atoms with Crippen molar-refractivity contribution in [2.45, 2.75) is 20.0 Å². The van der Waals surface area contributed by atoms with E-state index >= 15 is 0 Å². The summed E-state index contributed by atoms with van der Waals surface area (Å²) in [5, 5.41) is 9.02. The van der Waals surface area contributed by atoms with E-state index in [1.54, 1.807) is 4.57 Å². The zero-order valence-corrected chi connectivity index (χ0v) is 8.97. The highest BCUT2D eigenvalue weighted by atomic mass is 16.4. The standard InChI is InChI=1S/C11H13N3O2/c1-2-14-9-4-3-7(6-12)5-8(9)13-10(14)11(15)16/h3-5H,2,6,12H2,1H3,(H,15,16). The average molecular weight is 219 g/mol. The summed E-state index contributed by atoms with van der Waals surface area (Å²) >= 11 is 0. The maximum atomic E-state index is 11.0. The van der Waals surface area contributed by atoms with Gasteiger partial charge in [-0.1, -0.05) is 6.07 Å². The molecule has 0 unspecified atom stereocenters. The third kappa shape index (κ3) is 1.55. The number of aryl methyl sites for hydroxylation is 1.